The molecule has 0 saturated carbocycles. The van der Waals surface area contributed by atoms with Crippen LogP contribution in [0.15, 0.2) is 36.7 Å². The Bertz CT molecular complexity index is 1460. The molecular weight excluding hydrogens is 412 g/mol. The summed E-state index contributed by atoms with van der Waals surface area (Å²) in [4.78, 5) is 22.6. The maximum absolute atomic E-state index is 12.1. The van der Waals surface area contributed by atoms with Crippen LogP contribution in [0.2, 0.25) is 0 Å². The number of benzene rings is 1. The molecule has 0 unspecified atom stereocenters. The summed E-state index contributed by atoms with van der Waals surface area (Å²) in [6.45, 7) is 6.61. The van der Waals surface area contributed by atoms with E-state index in [-0.39, 0.29) is 5.97 Å². The van der Waals surface area contributed by atoms with Crippen molar-refractivity contribution in [3.05, 3.63) is 64.1 Å². The van der Waals surface area contributed by atoms with Crippen LogP contribution in [0, 0.1) is 20.8 Å². The second kappa shape index (κ2) is 7.28. The predicted octanol–water partition coefficient (Wildman–Crippen LogP) is 3.96. The number of hydrogen-bond donors (Lipinski definition) is 0. The fourth-order valence-electron chi connectivity index (χ4n) is 3.76. The summed E-state index contributed by atoms with van der Waals surface area (Å²) in [5.41, 5.74) is 5.64. The van der Waals surface area contributed by atoms with Crippen LogP contribution in [-0.4, -0.2) is 42.4 Å². The Morgan fingerprint density at radius 3 is 2.74 bits per heavy atom. The molecule has 0 atom stereocenters. The largest absolute Gasteiger partial charge is 0.465 e. The van der Waals surface area contributed by atoms with Crippen molar-refractivity contribution in [1.29, 1.82) is 0 Å². The molecule has 156 valence electrons. The van der Waals surface area contributed by atoms with Crippen molar-refractivity contribution in [3.8, 4) is 11.4 Å². The summed E-state index contributed by atoms with van der Waals surface area (Å²) in [6.07, 6.45) is 1.63. The molecule has 0 saturated heterocycles. The van der Waals surface area contributed by atoms with Gasteiger partial charge in [0.05, 0.1) is 24.7 Å². The fourth-order valence-corrected chi connectivity index (χ4v) is 4.82. The molecule has 0 bridgehead atoms. The van der Waals surface area contributed by atoms with Gasteiger partial charge in [0, 0.05) is 11.3 Å². The third kappa shape index (κ3) is 3.27. The number of rotatable bonds is 4. The predicted molar refractivity (Wildman–Crippen MR) is 118 cm³/mol. The van der Waals surface area contributed by atoms with Gasteiger partial charge in [0.1, 0.15) is 16.0 Å². The van der Waals surface area contributed by atoms with E-state index in [2.05, 4.69) is 40.3 Å². The zero-order chi connectivity index (χ0) is 21.7. The SMILES string of the molecule is COC(=O)c1sc2ncn3nc(-c4cccc(Cn5nc(C)cc5C)c4)nc3c2c1C. The summed E-state index contributed by atoms with van der Waals surface area (Å²) in [5, 5.41) is 10.00. The van der Waals surface area contributed by atoms with Gasteiger partial charge in [0.15, 0.2) is 11.5 Å². The summed E-state index contributed by atoms with van der Waals surface area (Å²) in [5.74, 6) is 0.241. The third-order valence-electron chi connectivity index (χ3n) is 5.26. The van der Waals surface area contributed by atoms with Crippen molar-refractivity contribution < 1.29 is 9.53 Å². The van der Waals surface area contributed by atoms with Gasteiger partial charge in [-0.1, -0.05) is 18.2 Å². The summed E-state index contributed by atoms with van der Waals surface area (Å²) in [6, 6.07) is 10.2. The first-order valence-corrected chi connectivity index (χ1v) is 10.6. The first-order chi connectivity index (χ1) is 14.9. The van der Waals surface area contributed by atoms with Crippen LogP contribution in [0.4, 0.5) is 0 Å². The van der Waals surface area contributed by atoms with Crippen molar-refractivity contribution in [2.75, 3.05) is 7.11 Å². The highest BCUT2D eigenvalue weighted by Crippen LogP contribution is 2.32. The van der Waals surface area contributed by atoms with Crippen LogP contribution < -0.4 is 0 Å². The number of ether oxygens (including phenoxy) is 1. The van der Waals surface area contributed by atoms with Gasteiger partial charge >= 0.3 is 5.97 Å². The van der Waals surface area contributed by atoms with Crippen molar-refractivity contribution in [3.63, 3.8) is 0 Å². The molecule has 4 aromatic heterocycles. The molecule has 0 spiro atoms. The number of nitrogens with zero attached hydrogens (tertiary/aromatic N) is 6. The highest BCUT2D eigenvalue weighted by molar-refractivity contribution is 7.20. The average molecular weight is 433 g/mol. The molecule has 0 aliphatic rings. The van der Waals surface area contributed by atoms with Crippen LogP contribution in [0.5, 0.6) is 0 Å². The van der Waals surface area contributed by atoms with Crippen molar-refractivity contribution >= 4 is 33.2 Å². The van der Waals surface area contributed by atoms with Gasteiger partial charge in [0.25, 0.3) is 0 Å². The molecule has 31 heavy (non-hydrogen) atoms. The van der Waals surface area contributed by atoms with Crippen molar-refractivity contribution in [2.24, 2.45) is 0 Å². The van der Waals surface area contributed by atoms with Gasteiger partial charge in [-0.2, -0.15) is 5.10 Å². The quantitative estimate of drug-likeness (QED) is 0.400. The summed E-state index contributed by atoms with van der Waals surface area (Å²) >= 11 is 1.31. The minimum absolute atomic E-state index is 0.366. The molecule has 9 heteroatoms. The van der Waals surface area contributed by atoms with Gasteiger partial charge in [-0.3, -0.25) is 4.68 Å². The minimum atomic E-state index is -0.366. The second-order valence-corrected chi connectivity index (χ2v) is 8.46. The van der Waals surface area contributed by atoms with E-state index in [9.17, 15) is 4.79 Å². The number of fused-ring (bicyclic) bond motifs is 3. The number of aryl methyl sites for hydroxylation is 3. The maximum atomic E-state index is 12.1. The van der Waals surface area contributed by atoms with E-state index in [1.807, 2.05) is 30.7 Å². The Morgan fingerprint density at radius 2 is 2.00 bits per heavy atom. The van der Waals surface area contributed by atoms with Gasteiger partial charge in [-0.15, -0.1) is 16.4 Å². The number of carbonyl (C=O) groups is 1. The number of methoxy groups -OCH3 is 1. The lowest BCUT2D eigenvalue weighted by Gasteiger charge is -2.05. The highest BCUT2D eigenvalue weighted by atomic mass is 32.1. The lowest BCUT2D eigenvalue weighted by atomic mass is 10.1. The van der Waals surface area contributed by atoms with Crippen molar-refractivity contribution in [2.45, 2.75) is 27.3 Å². The molecule has 0 amide bonds. The molecule has 0 aliphatic carbocycles. The molecule has 0 fully saturated rings. The third-order valence-corrected chi connectivity index (χ3v) is 6.44. The molecule has 0 aliphatic heterocycles. The van der Waals surface area contributed by atoms with E-state index in [1.165, 1.54) is 18.4 Å². The summed E-state index contributed by atoms with van der Waals surface area (Å²) in [7, 11) is 1.38. The Balaban J connectivity index is 1.58. The average Bonchev–Trinajstić information content (AvgIpc) is 3.42. The number of esters is 1. The monoisotopic (exact) mass is 432 g/mol. The smallest absolute Gasteiger partial charge is 0.348 e. The Morgan fingerprint density at radius 1 is 1.16 bits per heavy atom. The molecule has 0 N–H and O–H groups in total. The number of carbonyl (C=O) groups excluding carboxylic acids is 1. The molecule has 4 heterocycles. The summed E-state index contributed by atoms with van der Waals surface area (Å²) < 4.78 is 8.55. The zero-order valence-electron chi connectivity index (χ0n) is 17.6. The van der Waals surface area contributed by atoms with E-state index >= 15 is 0 Å². The zero-order valence-corrected chi connectivity index (χ0v) is 18.4. The number of hydrogen-bond acceptors (Lipinski definition) is 7. The first-order valence-electron chi connectivity index (χ1n) is 9.77. The van der Waals surface area contributed by atoms with Crippen LogP contribution >= 0.6 is 11.3 Å². The van der Waals surface area contributed by atoms with Gasteiger partial charge in [-0.25, -0.2) is 19.3 Å². The second-order valence-electron chi connectivity index (χ2n) is 7.46. The number of aromatic nitrogens is 6. The van der Waals surface area contributed by atoms with E-state index < -0.39 is 0 Å². The van der Waals surface area contributed by atoms with Crippen molar-refractivity contribution in [1.82, 2.24) is 29.4 Å². The lowest BCUT2D eigenvalue weighted by molar-refractivity contribution is 0.0605. The van der Waals surface area contributed by atoms with Crippen LogP contribution in [0.25, 0.3) is 27.3 Å². The van der Waals surface area contributed by atoms with Crippen LogP contribution in [0.1, 0.15) is 32.2 Å². The maximum Gasteiger partial charge on any atom is 0.348 e. The fraction of sp³-hybridized carbons (Fsp3) is 0.227. The first kappa shape index (κ1) is 19.4. The topological polar surface area (TPSA) is 87.2 Å². The van der Waals surface area contributed by atoms with E-state index in [0.717, 1.165) is 38.3 Å². The Hall–Kier alpha value is -3.59. The van der Waals surface area contributed by atoms with Gasteiger partial charge in [-0.05, 0) is 44.0 Å². The van der Waals surface area contributed by atoms with E-state index in [1.54, 1.807) is 10.8 Å². The van der Waals surface area contributed by atoms with Crippen LogP contribution in [-0.2, 0) is 11.3 Å². The normalized spacial score (nSPS) is 11.5. The van der Waals surface area contributed by atoms with Gasteiger partial charge in [0.2, 0.25) is 0 Å². The highest BCUT2D eigenvalue weighted by Gasteiger charge is 2.21. The molecule has 5 rings (SSSR count). The standard InChI is InChI=1S/C22H20N6O2S/c1-12-8-13(2)27(25-12)10-15-6-5-7-16(9-15)19-24-20-17-14(3)18(22(29)30-4)31-21(17)23-11-28(20)26-19/h5-9,11H,10H2,1-4H3. The molecule has 8 nitrogen and oxygen atoms in total. The van der Waals surface area contributed by atoms with Gasteiger partial charge < -0.3 is 4.74 Å². The van der Waals surface area contributed by atoms with Crippen LogP contribution in [0.3, 0.4) is 0 Å². The Kier molecular flexibility index (Phi) is 4.55. The van der Waals surface area contributed by atoms with E-state index in [0.29, 0.717) is 22.9 Å². The molecule has 1 aromatic carbocycles. The molecular formula is C22H20N6O2S. The Labute approximate surface area is 182 Å². The number of thiophene rings is 1. The molecule has 5 aromatic rings. The molecule has 0 radical (unpaired) electrons. The minimum Gasteiger partial charge on any atom is -0.465 e. The van der Waals surface area contributed by atoms with E-state index in [4.69, 9.17) is 9.72 Å². The lowest BCUT2D eigenvalue weighted by Crippen LogP contribution is -2.04.